The van der Waals surface area contributed by atoms with E-state index in [0.29, 0.717) is 5.75 Å². The fourth-order valence-electron chi connectivity index (χ4n) is 2.71. The van der Waals surface area contributed by atoms with Crippen LogP contribution in [0, 0.1) is 0 Å². The highest BCUT2D eigenvalue weighted by molar-refractivity contribution is 5.49. The molecule has 1 aliphatic heterocycles. The van der Waals surface area contributed by atoms with Crippen molar-refractivity contribution in [3.05, 3.63) is 24.3 Å². The van der Waals surface area contributed by atoms with Gasteiger partial charge in [0.2, 0.25) is 0 Å². The topological polar surface area (TPSA) is 26.7 Å². The lowest BCUT2D eigenvalue weighted by Crippen LogP contribution is -2.38. The predicted octanol–water partition coefficient (Wildman–Crippen LogP) is 2.70. The maximum absolute atomic E-state index is 9.49. The van der Waals surface area contributed by atoms with Gasteiger partial charge in [0.1, 0.15) is 5.75 Å². The van der Waals surface area contributed by atoms with Gasteiger partial charge in [0, 0.05) is 31.4 Å². The summed E-state index contributed by atoms with van der Waals surface area (Å²) in [5, 5.41) is 9.49. The third-order valence-electron chi connectivity index (χ3n) is 3.99. The molecule has 3 heteroatoms. The quantitative estimate of drug-likeness (QED) is 0.887. The zero-order valence-electron chi connectivity index (χ0n) is 11.5. The molecule has 0 bridgehead atoms. The summed E-state index contributed by atoms with van der Waals surface area (Å²) in [4.78, 5) is 4.71. The number of rotatable bonds is 4. The Morgan fingerprint density at radius 1 is 1.39 bits per heavy atom. The molecule has 1 aliphatic rings. The zero-order valence-corrected chi connectivity index (χ0v) is 11.5. The highest BCUT2D eigenvalue weighted by Crippen LogP contribution is 2.21. The van der Waals surface area contributed by atoms with E-state index in [1.54, 1.807) is 6.07 Å². The lowest BCUT2D eigenvalue weighted by atomic mass is 10.00. The zero-order chi connectivity index (χ0) is 13.0. The molecule has 0 saturated carbocycles. The number of hydrogen-bond acceptors (Lipinski definition) is 3. The highest BCUT2D eigenvalue weighted by Gasteiger charge is 2.18. The van der Waals surface area contributed by atoms with Crippen molar-refractivity contribution in [1.82, 2.24) is 4.90 Å². The van der Waals surface area contributed by atoms with Gasteiger partial charge in [-0.15, -0.1) is 0 Å². The van der Waals surface area contributed by atoms with Crippen molar-refractivity contribution in [2.24, 2.45) is 0 Å². The molecule has 1 saturated heterocycles. The van der Waals surface area contributed by atoms with E-state index in [2.05, 4.69) is 23.9 Å². The van der Waals surface area contributed by atoms with E-state index in [9.17, 15) is 5.11 Å². The molecular weight excluding hydrogens is 224 g/mol. The molecule has 1 atom stereocenters. The molecule has 0 aromatic heterocycles. The molecular formula is C15H24N2O. The molecule has 1 aromatic carbocycles. The molecule has 1 unspecified atom stereocenters. The molecule has 0 amide bonds. The van der Waals surface area contributed by atoms with Gasteiger partial charge in [-0.25, -0.2) is 0 Å². The molecule has 1 aromatic rings. The summed E-state index contributed by atoms with van der Waals surface area (Å²) in [7, 11) is 4.33. The van der Waals surface area contributed by atoms with Crippen LogP contribution in [0.5, 0.6) is 5.75 Å². The Morgan fingerprint density at radius 2 is 2.22 bits per heavy atom. The van der Waals surface area contributed by atoms with Gasteiger partial charge >= 0.3 is 0 Å². The molecule has 0 radical (unpaired) electrons. The van der Waals surface area contributed by atoms with E-state index >= 15 is 0 Å². The maximum atomic E-state index is 9.49. The van der Waals surface area contributed by atoms with Crippen LogP contribution >= 0.6 is 0 Å². The van der Waals surface area contributed by atoms with Crippen molar-refractivity contribution in [3.63, 3.8) is 0 Å². The number of nitrogens with zero attached hydrogens (tertiary/aromatic N) is 2. The fourth-order valence-corrected chi connectivity index (χ4v) is 2.71. The van der Waals surface area contributed by atoms with Gasteiger partial charge < -0.3 is 14.9 Å². The van der Waals surface area contributed by atoms with Crippen molar-refractivity contribution in [3.8, 4) is 5.75 Å². The van der Waals surface area contributed by atoms with Gasteiger partial charge in [-0.3, -0.25) is 0 Å². The van der Waals surface area contributed by atoms with Crippen LogP contribution in [0.15, 0.2) is 24.3 Å². The minimum Gasteiger partial charge on any atom is -0.508 e. The van der Waals surface area contributed by atoms with Crippen LogP contribution in [0.3, 0.4) is 0 Å². The van der Waals surface area contributed by atoms with Crippen molar-refractivity contribution in [2.45, 2.75) is 31.7 Å². The van der Waals surface area contributed by atoms with E-state index in [-0.39, 0.29) is 0 Å². The van der Waals surface area contributed by atoms with Crippen LogP contribution in [0.25, 0.3) is 0 Å². The second kappa shape index (κ2) is 6.10. The van der Waals surface area contributed by atoms with Crippen molar-refractivity contribution in [2.75, 3.05) is 32.1 Å². The van der Waals surface area contributed by atoms with Crippen LogP contribution in [-0.2, 0) is 0 Å². The van der Waals surface area contributed by atoms with Crippen LogP contribution in [0.4, 0.5) is 5.69 Å². The summed E-state index contributed by atoms with van der Waals surface area (Å²) >= 11 is 0. The molecule has 1 fully saturated rings. The number of phenols is 1. The van der Waals surface area contributed by atoms with Crippen molar-refractivity contribution in [1.29, 1.82) is 0 Å². The summed E-state index contributed by atoms with van der Waals surface area (Å²) in [6.07, 6.45) is 5.23. The minimum atomic E-state index is 0.342. The standard InChI is InChI=1S/C15H24N2O/c1-16-10-4-3-6-13(16)9-11-17(2)14-7-5-8-15(18)12-14/h5,7-8,12-13,18H,3-4,6,9-11H2,1-2H3. The molecule has 0 aliphatic carbocycles. The van der Waals surface area contributed by atoms with E-state index in [1.165, 1.54) is 32.2 Å². The fraction of sp³-hybridized carbons (Fsp3) is 0.600. The van der Waals surface area contributed by atoms with Crippen molar-refractivity contribution < 1.29 is 5.11 Å². The summed E-state index contributed by atoms with van der Waals surface area (Å²) in [5.74, 6) is 0.342. The number of aromatic hydroxyl groups is 1. The first-order valence-electron chi connectivity index (χ1n) is 6.87. The molecule has 18 heavy (non-hydrogen) atoms. The van der Waals surface area contributed by atoms with Gasteiger partial charge in [-0.1, -0.05) is 12.5 Å². The number of benzene rings is 1. The van der Waals surface area contributed by atoms with Gasteiger partial charge in [0.05, 0.1) is 0 Å². The van der Waals surface area contributed by atoms with Crippen LogP contribution in [0.1, 0.15) is 25.7 Å². The molecule has 1 heterocycles. The Labute approximate surface area is 110 Å². The normalized spacial score (nSPS) is 20.9. The summed E-state index contributed by atoms with van der Waals surface area (Å²) in [6, 6.07) is 8.20. The second-order valence-electron chi connectivity index (χ2n) is 5.36. The lowest BCUT2D eigenvalue weighted by Gasteiger charge is -2.33. The Hall–Kier alpha value is -1.22. The number of anilines is 1. The first-order valence-corrected chi connectivity index (χ1v) is 6.87. The second-order valence-corrected chi connectivity index (χ2v) is 5.36. The predicted molar refractivity (Wildman–Crippen MR) is 76.3 cm³/mol. The van der Waals surface area contributed by atoms with Crippen LogP contribution in [-0.4, -0.2) is 43.2 Å². The Bertz CT molecular complexity index is 381. The van der Waals surface area contributed by atoms with Crippen molar-refractivity contribution >= 4 is 5.69 Å². The number of piperidine rings is 1. The average molecular weight is 248 g/mol. The van der Waals surface area contributed by atoms with E-state index in [4.69, 9.17) is 0 Å². The molecule has 1 N–H and O–H groups in total. The molecule has 2 rings (SSSR count). The van der Waals surface area contributed by atoms with Gasteiger partial charge in [0.15, 0.2) is 0 Å². The van der Waals surface area contributed by atoms with Gasteiger partial charge in [-0.05, 0) is 45.0 Å². The van der Waals surface area contributed by atoms with Gasteiger partial charge in [-0.2, -0.15) is 0 Å². The van der Waals surface area contributed by atoms with Crippen LogP contribution in [0.2, 0.25) is 0 Å². The highest BCUT2D eigenvalue weighted by atomic mass is 16.3. The van der Waals surface area contributed by atoms with E-state index < -0.39 is 0 Å². The Balaban J connectivity index is 1.86. The largest absolute Gasteiger partial charge is 0.508 e. The Kier molecular flexibility index (Phi) is 4.48. The Morgan fingerprint density at radius 3 is 2.94 bits per heavy atom. The first kappa shape index (κ1) is 13.2. The average Bonchev–Trinajstić information content (AvgIpc) is 2.37. The van der Waals surface area contributed by atoms with E-state index in [1.807, 2.05) is 18.2 Å². The SMILES string of the molecule is CN(CCC1CCCCN1C)c1cccc(O)c1. The maximum Gasteiger partial charge on any atom is 0.117 e. The molecule has 3 nitrogen and oxygen atoms in total. The summed E-state index contributed by atoms with van der Waals surface area (Å²) < 4.78 is 0. The molecule has 0 spiro atoms. The van der Waals surface area contributed by atoms with Crippen LogP contribution < -0.4 is 4.90 Å². The smallest absolute Gasteiger partial charge is 0.117 e. The first-order chi connectivity index (χ1) is 8.66. The third-order valence-corrected chi connectivity index (χ3v) is 3.99. The monoisotopic (exact) mass is 248 g/mol. The number of hydrogen-bond donors (Lipinski definition) is 1. The van der Waals surface area contributed by atoms with Gasteiger partial charge in [0.25, 0.3) is 0 Å². The summed E-state index contributed by atoms with van der Waals surface area (Å²) in [5.41, 5.74) is 1.09. The molecule has 100 valence electrons. The third kappa shape index (κ3) is 3.39. The number of likely N-dealkylation sites (tertiary alicyclic amines) is 1. The summed E-state index contributed by atoms with van der Waals surface area (Å²) in [6.45, 7) is 2.28. The minimum absolute atomic E-state index is 0.342. The van der Waals surface area contributed by atoms with E-state index in [0.717, 1.165) is 18.3 Å². The number of phenolic OH excluding ortho intramolecular Hbond substituents is 1. The lowest BCUT2D eigenvalue weighted by molar-refractivity contribution is 0.178.